The lowest BCUT2D eigenvalue weighted by molar-refractivity contribution is 0.0949. The Morgan fingerprint density at radius 1 is 1.33 bits per heavy atom. The molecule has 1 amide bonds. The van der Waals surface area contributed by atoms with Crippen LogP contribution < -0.4 is 5.32 Å². The second-order valence-electron chi connectivity index (χ2n) is 4.52. The first-order valence-corrected chi connectivity index (χ1v) is 6.83. The van der Waals surface area contributed by atoms with Gasteiger partial charge in [-0.1, -0.05) is 26.0 Å². The van der Waals surface area contributed by atoms with Gasteiger partial charge >= 0.3 is 0 Å². The molecule has 0 aliphatic rings. The summed E-state index contributed by atoms with van der Waals surface area (Å²) in [5.41, 5.74) is 1.74. The maximum absolute atomic E-state index is 11.8. The minimum atomic E-state index is -0.0191. The summed E-state index contributed by atoms with van der Waals surface area (Å²) in [6.45, 7) is 4.85. The highest BCUT2D eigenvalue weighted by atomic mass is 32.1. The maximum atomic E-state index is 11.8. The molecule has 1 aromatic carbocycles. The Balaban J connectivity index is 2.06. The van der Waals surface area contributed by atoms with Gasteiger partial charge in [-0.3, -0.25) is 4.79 Å². The summed E-state index contributed by atoms with van der Waals surface area (Å²) in [6.07, 6.45) is 1.78. The van der Waals surface area contributed by atoms with Crippen LogP contribution >= 0.6 is 11.3 Å². The number of amides is 1. The van der Waals surface area contributed by atoms with Gasteiger partial charge in [-0.15, -0.1) is 11.3 Å². The Labute approximate surface area is 111 Å². The lowest BCUT2D eigenvalue weighted by Gasteiger charge is -2.07. The molecule has 0 saturated heterocycles. The number of thiazole rings is 1. The Kier molecular flexibility index (Phi) is 4.10. The average Bonchev–Trinajstić information content (AvgIpc) is 2.90. The zero-order valence-corrected chi connectivity index (χ0v) is 11.3. The zero-order chi connectivity index (χ0) is 13.0. The van der Waals surface area contributed by atoms with Crippen molar-refractivity contribution in [2.24, 2.45) is 5.92 Å². The van der Waals surface area contributed by atoms with Crippen molar-refractivity contribution in [3.63, 3.8) is 0 Å². The van der Waals surface area contributed by atoms with Gasteiger partial charge < -0.3 is 5.32 Å². The number of hydrogen-bond donors (Lipinski definition) is 1. The van der Waals surface area contributed by atoms with E-state index in [1.54, 1.807) is 17.5 Å². The Hall–Kier alpha value is -1.68. The molecule has 18 heavy (non-hydrogen) atoms. The molecule has 94 valence electrons. The van der Waals surface area contributed by atoms with Crippen LogP contribution in [0.3, 0.4) is 0 Å². The van der Waals surface area contributed by atoms with Crippen molar-refractivity contribution >= 4 is 17.2 Å². The first-order chi connectivity index (χ1) is 8.66. The third kappa shape index (κ3) is 3.17. The summed E-state index contributed by atoms with van der Waals surface area (Å²) in [5, 5.41) is 5.82. The van der Waals surface area contributed by atoms with Crippen molar-refractivity contribution in [3.05, 3.63) is 41.4 Å². The van der Waals surface area contributed by atoms with Crippen LogP contribution in [0.5, 0.6) is 0 Å². The number of hydrogen-bond acceptors (Lipinski definition) is 3. The number of carbonyl (C=O) groups is 1. The van der Waals surface area contributed by atoms with Gasteiger partial charge in [0.1, 0.15) is 5.01 Å². The summed E-state index contributed by atoms with van der Waals surface area (Å²) >= 11 is 1.59. The molecule has 2 aromatic rings. The monoisotopic (exact) mass is 260 g/mol. The molecule has 0 unspecified atom stereocenters. The number of rotatable bonds is 4. The summed E-state index contributed by atoms with van der Waals surface area (Å²) < 4.78 is 0. The van der Waals surface area contributed by atoms with E-state index < -0.39 is 0 Å². The molecule has 0 spiro atoms. The molecule has 1 heterocycles. The van der Waals surface area contributed by atoms with Gasteiger partial charge in [-0.2, -0.15) is 0 Å². The average molecular weight is 260 g/mol. The number of nitrogens with zero attached hydrogens (tertiary/aromatic N) is 1. The van der Waals surface area contributed by atoms with Gasteiger partial charge in [-0.25, -0.2) is 4.98 Å². The molecule has 1 aromatic heterocycles. The molecular formula is C14H16N2OS. The standard InChI is InChI=1S/C14H16N2OS/c1-10(2)9-16-13(17)11-3-5-12(6-4-11)14-15-7-8-18-14/h3-8,10H,9H2,1-2H3,(H,16,17). The predicted octanol–water partition coefficient (Wildman–Crippen LogP) is 3.20. The van der Waals surface area contributed by atoms with Crippen LogP contribution in [0.2, 0.25) is 0 Å². The maximum Gasteiger partial charge on any atom is 0.251 e. The van der Waals surface area contributed by atoms with Crippen LogP contribution in [0.15, 0.2) is 35.8 Å². The lowest BCUT2D eigenvalue weighted by atomic mass is 10.1. The first-order valence-electron chi connectivity index (χ1n) is 5.95. The second-order valence-corrected chi connectivity index (χ2v) is 5.41. The third-order valence-electron chi connectivity index (χ3n) is 2.50. The van der Waals surface area contributed by atoms with Gasteiger partial charge in [-0.05, 0) is 18.1 Å². The summed E-state index contributed by atoms with van der Waals surface area (Å²) in [5.74, 6) is 0.443. The summed E-state index contributed by atoms with van der Waals surface area (Å²) in [4.78, 5) is 16.1. The van der Waals surface area contributed by atoms with Crippen molar-refractivity contribution in [2.45, 2.75) is 13.8 Å². The highest BCUT2D eigenvalue weighted by molar-refractivity contribution is 7.13. The highest BCUT2D eigenvalue weighted by Gasteiger charge is 2.06. The number of aromatic nitrogens is 1. The van der Waals surface area contributed by atoms with Crippen LogP contribution in [0.4, 0.5) is 0 Å². The smallest absolute Gasteiger partial charge is 0.251 e. The molecule has 0 aliphatic heterocycles. The molecule has 3 nitrogen and oxygen atoms in total. The first kappa shape index (κ1) is 12.8. The van der Waals surface area contributed by atoms with Crippen LogP contribution in [0.25, 0.3) is 10.6 Å². The van der Waals surface area contributed by atoms with E-state index in [0.717, 1.165) is 10.6 Å². The van der Waals surface area contributed by atoms with Crippen molar-refractivity contribution in [3.8, 4) is 10.6 Å². The van der Waals surface area contributed by atoms with Crippen LogP contribution in [0, 0.1) is 5.92 Å². The van der Waals surface area contributed by atoms with Gasteiger partial charge in [0.15, 0.2) is 0 Å². The topological polar surface area (TPSA) is 42.0 Å². The molecule has 1 N–H and O–H groups in total. The van der Waals surface area contributed by atoms with Gasteiger partial charge in [0.25, 0.3) is 5.91 Å². The Morgan fingerprint density at radius 3 is 2.61 bits per heavy atom. The van der Waals surface area contributed by atoms with Crippen LogP contribution in [-0.2, 0) is 0 Å². The van der Waals surface area contributed by atoms with Crippen LogP contribution in [-0.4, -0.2) is 17.4 Å². The van der Waals surface area contributed by atoms with Crippen LogP contribution in [0.1, 0.15) is 24.2 Å². The number of carbonyl (C=O) groups excluding carboxylic acids is 1. The molecular weight excluding hydrogens is 244 g/mol. The van der Waals surface area contributed by atoms with Gasteiger partial charge in [0, 0.05) is 29.2 Å². The lowest BCUT2D eigenvalue weighted by Crippen LogP contribution is -2.27. The van der Waals surface area contributed by atoms with E-state index in [1.165, 1.54) is 0 Å². The summed E-state index contributed by atoms with van der Waals surface area (Å²) in [6, 6.07) is 7.55. The molecule has 2 rings (SSSR count). The minimum absolute atomic E-state index is 0.0191. The van der Waals surface area contributed by atoms with E-state index in [-0.39, 0.29) is 5.91 Å². The normalized spacial score (nSPS) is 10.6. The number of nitrogens with one attached hydrogen (secondary N) is 1. The van der Waals surface area contributed by atoms with E-state index in [1.807, 2.05) is 29.6 Å². The highest BCUT2D eigenvalue weighted by Crippen LogP contribution is 2.21. The fourth-order valence-electron chi connectivity index (χ4n) is 1.53. The van der Waals surface area contributed by atoms with E-state index in [9.17, 15) is 4.79 Å². The quantitative estimate of drug-likeness (QED) is 0.917. The Morgan fingerprint density at radius 2 is 2.06 bits per heavy atom. The Bertz CT molecular complexity index is 503. The van der Waals surface area contributed by atoms with Crippen molar-refractivity contribution in [1.82, 2.24) is 10.3 Å². The number of benzene rings is 1. The van der Waals surface area contributed by atoms with E-state index in [0.29, 0.717) is 18.0 Å². The third-order valence-corrected chi connectivity index (χ3v) is 3.32. The van der Waals surface area contributed by atoms with E-state index in [2.05, 4.69) is 24.1 Å². The molecule has 4 heteroatoms. The zero-order valence-electron chi connectivity index (χ0n) is 10.5. The molecule has 0 fully saturated rings. The summed E-state index contributed by atoms with van der Waals surface area (Å²) in [7, 11) is 0. The molecule has 0 bridgehead atoms. The van der Waals surface area contributed by atoms with Gasteiger partial charge in [0.05, 0.1) is 0 Å². The molecule has 0 aliphatic carbocycles. The largest absolute Gasteiger partial charge is 0.352 e. The van der Waals surface area contributed by atoms with Crippen molar-refractivity contribution in [2.75, 3.05) is 6.54 Å². The van der Waals surface area contributed by atoms with Gasteiger partial charge in [0.2, 0.25) is 0 Å². The van der Waals surface area contributed by atoms with Crippen molar-refractivity contribution < 1.29 is 4.79 Å². The second kappa shape index (κ2) is 5.78. The fraction of sp³-hybridized carbons (Fsp3) is 0.286. The minimum Gasteiger partial charge on any atom is -0.352 e. The predicted molar refractivity (Wildman–Crippen MR) is 74.7 cm³/mol. The SMILES string of the molecule is CC(C)CNC(=O)c1ccc(-c2nccs2)cc1. The molecule has 0 atom stereocenters. The van der Waals surface area contributed by atoms with Crippen molar-refractivity contribution in [1.29, 1.82) is 0 Å². The van der Waals surface area contributed by atoms with E-state index in [4.69, 9.17) is 0 Å². The fourth-order valence-corrected chi connectivity index (χ4v) is 2.17. The molecule has 0 saturated carbocycles. The molecule has 0 radical (unpaired) electrons. The van der Waals surface area contributed by atoms with E-state index >= 15 is 0 Å².